The molecular formula is C19H16F4O4. The van der Waals surface area contributed by atoms with Crippen LogP contribution < -0.4 is 0 Å². The predicted octanol–water partition coefficient (Wildman–Crippen LogP) is 4.43. The summed E-state index contributed by atoms with van der Waals surface area (Å²) in [6.07, 6.45) is 1.51. The van der Waals surface area contributed by atoms with Gasteiger partial charge >= 0.3 is 11.9 Å². The fourth-order valence-corrected chi connectivity index (χ4v) is 2.12. The molecule has 0 fully saturated rings. The summed E-state index contributed by atoms with van der Waals surface area (Å²) in [7, 11) is 0. The van der Waals surface area contributed by atoms with Crippen molar-refractivity contribution in [2.75, 3.05) is 13.2 Å². The summed E-state index contributed by atoms with van der Waals surface area (Å²) in [6.45, 7) is 0.129. The first-order valence-electron chi connectivity index (χ1n) is 8.13. The minimum absolute atomic E-state index is 0.0644. The lowest BCUT2D eigenvalue weighted by Crippen LogP contribution is -2.09. The highest BCUT2D eigenvalue weighted by Crippen LogP contribution is 2.11. The van der Waals surface area contributed by atoms with Crippen LogP contribution in [0.2, 0.25) is 0 Å². The van der Waals surface area contributed by atoms with Gasteiger partial charge in [0.25, 0.3) is 0 Å². The molecular weight excluding hydrogens is 368 g/mol. The van der Waals surface area contributed by atoms with E-state index in [4.69, 9.17) is 9.47 Å². The summed E-state index contributed by atoms with van der Waals surface area (Å²) >= 11 is 0. The van der Waals surface area contributed by atoms with Crippen LogP contribution in [0.25, 0.3) is 0 Å². The molecule has 0 N–H and O–H groups in total. The van der Waals surface area contributed by atoms with E-state index in [0.29, 0.717) is 19.3 Å². The van der Waals surface area contributed by atoms with Gasteiger partial charge in [-0.05, 0) is 55.7 Å². The Morgan fingerprint density at radius 1 is 0.630 bits per heavy atom. The first kappa shape index (κ1) is 20.4. The lowest BCUT2D eigenvalue weighted by atomic mass is 10.2. The Hall–Kier alpha value is -2.90. The number of hydrogen-bond donors (Lipinski definition) is 0. The molecule has 0 unspecified atom stereocenters. The molecule has 0 radical (unpaired) electrons. The molecule has 0 spiro atoms. The van der Waals surface area contributed by atoms with Crippen molar-refractivity contribution >= 4 is 11.9 Å². The minimum atomic E-state index is -1.13. The molecule has 0 heterocycles. The number of halogens is 4. The zero-order valence-electron chi connectivity index (χ0n) is 14.1. The van der Waals surface area contributed by atoms with E-state index in [-0.39, 0.29) is 24.3 Å². The zero-order chi connectivity index (χ0) is 19.8. The second kappa shape index (κ2) is 9.70. The second-order valence-electron chi connectivity index (χ2n) is 5.59. The van der Waals surface area contributed by atoms with E-state index in [1.54, 1.807) is 0 Å². The number of carbonyl (C=O) groups excluding carboxylic acids is 2. The average Bonchev–Trinajstić information content (AvgIpc) is 2.65. The van der Waals surface area contributed by atoms with Crippen molar-refractivity contribution in [2.24, 2.45) is 0 Å². The molecule has 2 aromatic carbocycles. The second-order valence-corrected chi connectivity index (χ2v) is 5.59. The summed E-state index contributed by atoms with van der Waals surface area (Å²) in [6, 6.07) is 5.45. The minimum Gasteiger partial charge on any atom is -0.462 e. The van der Waals surface area contributed by atoms with Crippen LogP contribution in [0.5, 0.6) is 0 Å². The van der Waals surface area contributed by atoms with E-state index >= 15 is 0 Å². The molecule has 0 amide bonds. The van der Waals surface area contributed by atoms with Gasteiger partial charge in [-0.25, -0.2) is 27.2 Å². The van der Waals surface area contributed by atoms with Crippen molar-refractivity contribution in [1.82, 2.24) is 0 Å². The average molecular weight is 384 g/mol. The number of rotatable bonds is 8. The van der Waals surface area contributed by atoms with Crippen molar-refractivity contribution in [3.63, 3.8) is 0 Å². The summed E-state index contributed by atoms with van der Waals surface area (Å²) in [5, 5.41) is 0. The van der Waals surface area contributed by atoms with Crippen LogP contribution in [0.1, 0.15) is 40.0 Å². The van der Waals surface area contributed by atoms with Gasteiger partial charge in [-0.15, -0.1) is 0 Å². The van der Waals surface area contributed by atoms with Gasteiger partial charge in [-0.2, -0.15) is 0 Å². The van der Waals surface area contributed by atoms with Crippen LogP contribution in [0.15, 0.2) is 36.4 Å². The lowest BCUT2D eigenvalue weighted by molar-refractivity contribution is 0.0477. The molecule has 0 aliphatic heterocycles. The first-order chi connectivity index (χ1) is 12.9. The van der Waals surface area contributed by atoms with Crippen molar-refractivity contribution in [3.05, 3.63) is 70.8 Å². The molecule has 0 saturated heterocycles. The Morgan fingerprint density at radius 3 is 1.41 bits per heavy atom. The molecule has 0 aliphatic rings. The summed E-state index contributed by atoms with van der Waals surface area (Å²) in [5.74, 6) is -5.90. The number of unbranched alkanes of at least 4 members (excludes halogenated alkanes) is 2. The van der Waals surface area contributed by atoms with E-state index in [1.807, 2.05) is 0 Å². The zero-order valence-corrected chi connectivity index (χ0v) is 14.1. The number of esters is 2. The van der Waals surface area contributed by atoms with Gasteiger partial charge in [0.05, 0.1) is 24.3 Å². The van der Waals surface area contributed by atoms with Gasteiger partial charge < -0.3 is 9.47 Å². The fourth-order valence-electron chi connectivity index (χ4n) is 2.12. The highest BCUT2D eigenvalue weighted by Gasteiger charge is 2.12. The number of carbonyl (C=O) groups is 2. The molecule has 2 rings (SSSR count). The summed E-state index contributed by atoms with van der Waals surface area (Å²) in [5.41, 5.74) is -0.177. The third-order valence-corrected chi connectivity index (χ3v) is 3.57. The number of hydrogen-bond acceptors (Lipinski definition) is 4. The fraction of sp³-hybridized carbons (Fsp3) is 0.263. The van der Waals surface area contributed by atoms with Crippen LogP contribution in [0.3, 0.4) is 0 Å². The van der Waals surface area contributed by atoms with E-state index in [0.717, 1.165) is 36.4 Å². The first-order valence-corrected chi connectivity index (χ1v) is 8.13. The van der Waals surface area contributed by atoms with Gasteiger partial charge in [-0.1, -0.05) is 0 Å². The monoisotopic (exact) mass is 384 g/mol. The highest BCUT2D eigenvalue weighted by atomic mass is 19.2. The van der Waals surface area contributed by atoms with Gasteiger partial charge in [0.1, 0.15) is 0 Å². The molecule has 0 aliphatic carbocycles. The topological polar surface area (TPSA) is 52.6 Å². The molecule has 4 nitrogen and oxygen atoms in total. The molecule has 0 aromatic heterocycles. The molecule has 0 bridgehead atoms. The Bertz CT molecular complexity index is 756. The van der Waals surface area contributed by atoms with E-state index in [1.165, 1.54) is 0 Å². The molecule has 2 aromatic rings. The standard InChI is InChI=1S/C19H16F4O4/c20-14-6-4-12(10-16(14)22)18(24)26-8-2-1-3-9-27-19(25)13-5-7-15(21)17(23)11-13/h4-7,10-11H,1-3,8-9H2. The van der Waals surface area contributed by atoms with Crippen molar-refractivity contribution < 1.29 is 36.6 Å². The number of benzene rings is 2. The van der Waals surface area contributed by atoms with Crippen LogP contribution in [-0.2, 0) is 9.47 Å². The molecule has 27 heavy (non-hydrogen) atoms. The van der Waals surface area contributed by atoms with E-state index in [9.17, 15) is 27.2 Å². The third kappa shape index (κ3) is 6.09. The maximum absolute atomic E-state index is 13.0. The Kier molecular flexibility index (Phi) is 7.34. The molecule has 144 valence electrons. The van der Waals surface area contributed by atoms with Gasteiger partial charge in [0.15, 0.2) is 23.3 Å². The van der Waals surface area contributed by atoms with Gasteiger partial charge in [-0.3, -0.25) is 0 Å². The number of ether oxygens (including phenoxy) is 2. The van der Waals surface area contributed by atoms with Crippen LogP contribution in [0, 0.1) is 23.3 Å². The predicted molar refractivity (Wildman–Crippen MR) is 87.1 cm³/mol. The normalized spacial score (nSPS) is 10.5. The molecule has 0 saturated carbocycles. The van der Waals surface area contributed by atoms with E-state index < -0.39 is 35.2 Å². The maximum atomic E-state index is 13.0. The quantitative estimate of drug-likeness (QED) is 0.384. The Morgan fingerprint density at radius 2 is 1.04 bits per heavy atom. The lowest BCUT2D eigenvalue weighted by Gasteiger charge is -2.07. The van der Waals surface area contributed by atoms with Crippen molar-refractivity contribution in [1.29, 1.82) is 0 Å². The molecule has 0 atom stereocenters. The van der Waals surface area contributed by atoms with Crippen LogP contribution >= 0.6 is 0 Å². The Balaban J connectivity index is 1.61. The largest absolute Gasteiger partial charge is 0.462 e. The van der Waals surface area contributed by atoms with Crippen molar-refractivity contribution in [3.8, 4) is 0 Å². The van der Waals surface area contributed by atoms with Gasteiger partial charge in [0, 0.05) is 0 Å². The summed E-state index contributed by atoms with van der Waals surface area (Å²) < 4.78 is 61.5. The smallest absolute Gasteiger partial charge is 0.338 e. The molecule has 8 heteroatoms. The summed E-state index contributed by atoms with van der Waals surface area (Å²) in [4.78, 5) is 23.3. The maximum Gasteiger partial charge on any atom is 0.338 e. The van der Waals surface area contributed by atoms with Crippen LogP contribution in [-0.4, -0.2) is 25.2 Å². The highest BCUT2D eigenvalue weighted by molar-refractivity contribution is 5.89. The third-order valence-electron chi connectivity index (χ3n) is 3.57. The SMILES string of the molecule is O=C(OCCCCCOC(=O)c1ccc(F)c(F)c1)c1ccc(F)c(F)c1. The Labute approximate surface area is 152 Å². The van der Waals surface area contributed by atoms with E-state index in [2.05, 4.69) is 0 Å². The van der Waals surface area contributed by atoms with Crippen molar-refractivity contribution in [2.45, 2.75) is 19.3 Å². The van der Waals surface area contributed by atoms with Gasteiger partial charge in [0.2, 0.25) is 0 Å². The van der Waals surface area contributed by atoms with Crippen LogP contribution in [0.4, 0.5) is 17.6 Å².